The zero-order valence-electron chi connectivity index (χ0n) is 17.7. The van der Waals surface area contributed by atoms with Crippen molar-refractivity contribution in [2.75, 3.05) is 32.2 Å². The Morgan fingerprint density at radius 1 is 1.03 bits per heavy atom. The monoisotopic (exact) mass is 424 g/mol. The topological polar surface area (TPSA) is 93.2 Å². The van der Waals surface area contributed by atoms with Crippen LogP contribution in [0.25, 0.3) is 0 Å². The first-order valence-electron chi connectivity index (χ1n) is 9.88. The number of carbonyl (C=O) groups is 4. The Bertz CT molecular complexity index is 1000. The standard InChI is InChI=1S/C23H24N2O6/c1-15(20(26)24(2)17-8-5-4-6-9-17)31-23(29)16-10-11-18-19(14-16)22(28)25(21(18)27)12-7-13-30-3/h4-6,8-11,14-15H,7,12-13H2,1-3H3. The lowest BCUT2D eigenvalue weighted by atomic mass is 10.1. The van der Waals surface area contributed by atoms with Crippen molar-refractivity contribution in [1.29, 1.82) is 0 Å². The van der Waals surface area contributed by atoms with E-state index in [9.17, 15) is 19.2 Å². The molecule has 1 atom stereocenters. The van der Waals surface area contributed by atoms with E-state index in [0.717, 1.165) is 4.90 Å². The lowest BCUT2D eigenvalue weighted by Gasteiger charge is -2.21. The molecule has 1 unspecified atom stereocenters. The lowest BCUT2D eigenvalue weighted by Crippen LogP contribution is -2.37. The fourth-order valence-electron chi connectivity index (χ4n) is 3.32. The minimum atomic E-state index is -1.03. The first-order chi connectivity index (χ1) is 14.8. The van der Waals surface area contributed by atoms with Crippen LogP contribution in [0.1, 0.15) is 44.4 Å². The minimum absolute atomic E-state index is 0.0978. The van der Waals surface area contributed by atoms with E-state index >= 15 is 0 Å². The van der Waals surface area contributed by atoms with Crippen LogP contribution in [-0.2, 0) is 14.3 Å². The van der Waals surface area contributed by atoms with Crippen molar-refractivity contribution < 1.29 is 28.7 Å². The highest BCUT2D eigenvalue weighted by molar-refractivity contribution is 6.22. The minimum Gasteiger partial charge on any atom is -0.449 e. The summed E-state index contributed by atoms with van der Waals surface area (Å²) < 4.78 is 10.3. The summed E-state index contributed by atoms with van der Waals surface area (Å²) in [4.78, 5) is 52.8. The highest BCUT2D eigenvalue weighted by Gasteiger charge is 2.36. The fourth-order valence-corrected chi connectivity index (χ4v) is 3.32. The number of amides is 3. The van der Waals surface area contributed by atoms with Crippen LogP contribution < -0.4 is 4.90 Å². The van der Waals surface area contributed by atoms with Crippen LogP contribution in [0.2, 0.25) is 0 Å². The molecule has 0 spiro atoms. The molecule has 0 saturated carbocycles. The summed E-state index contributed by atoms with van der Waals surface area (Å²) >= 11 is 0. The van der Waals surface area contributed by atoms with Crippen LogP contribution in [0.15, 0.2) is 48.5 Å². The highest BCUT2D eigenvalue weighted by atomic mass is 16.5. The van der Waals surface area contributed by atoms with Crippen molar-refractivity contribution in [3.05, 3.63) is 65.2 Å². The quantitative estimate of drug-likeness (QED) is 0.367. The zero-order chi connectivity index (χ0) is 22.5. The molecule has 1 aliphatic heterocycles. The first-order valence-corrected chi connectivity index (χ1v) is 9.88. The number of rotatable bonds is 8. The van der Waals surface area contributed by atoms with E-state index in [1.54, 1.807) is 38.4 Å². The van der Waals surface area contributed by atoms with E-state index in [1.165, 1.54) is 30.0 Å². The molecule has 0 N–H and O–H groups in total. The summed E-state index contributed by atoms with van der Waals surface area (Å²) in [6.07, 6.45) is -0.514. The molecule has 162 valence electrons. The number of nitrogens with zero attached hydrogens (tertiary/aromatic N) is 2. The maximum Gasteiger partial charge on any atom is 0.338 e. The van der Waals surface area contributed by atoms with Crippen LogP contribution in [0, 0.1) is 0 Å². The second-order valence-electron chi connectivity index (χ2n) is 7.15. The van der Waals surface area contributed by atoms with Gasteiger partial charge in [0.15, 0.2) is 6.10 Å². The van der Waals surface area contributed by atoms with Gasteiger partial charge in [0, 0.05) is 33.0 Å². The smallest absolute Gasteiger partial charge is 0.338 e. The van der Waals surface area contributed by atoms with Gasteiger partial charge in [-0.15, -0.1) is 0 Å². The molecule has 0 saturated heterocycles. The molecule has 0 bridgehead atoms. The second kappa shape index (κ2) is 9.53. The summed E-state index contributed by atoms with van der Waals surface area (Å²) in [5.74, 6) is -2.00. The highest BCUT2D eigenvalue weighted by Crippen LogP contribution is 2.25. The molecule has 1 aliphatic rings. The number of likely N-dealkylation sites (N-methyl/N-ethyl adjacent to an activating group) is 1. The number of hydrogen-bond donors (Lipinski definition) is 0. The Balaban J connectivity index is 1.69. The number of imide groups is 1. The Morgan fingerprint density at radius 3 is 2.39 bits per heavy atom. The largest absolute Gasteiger partial charge is 0.449 e. The van der Waals surface area contributed by atoms with Gasteiger partial charge in [0.05, 0.1) is 16.7 Å². The lowest BCUT2D eigenvalue weighted by molar-refractivity contribution is -0.126. The third kappa shape index (κ3) is 4.64. The van der Waals surface area contributed by atoms with Crippen LogP contribution >= 0.6 is 0 Å². The number of fused-ring (bicyclic) bond motifs is 1. The van der Waals surface area contributed by atoms with Crippen LogP contribution in [0.3, 0.4) is 0 Å². The van der Waals surface area contributed by atoms with E-state index in [-0.39, 0.29) is 23.2 Å². The first kappa shape index (κ1) is 22.2. The van der Waals surface area contributed by atoms with Crippen LogP contribution in [0.4, 0.5) is 5.69 Å². The SMILES string of the molecule is COCCCN1C(=O)c2ccc(C(=O)OC(C)C(=O)N(C)c3ccccc3)cc2C1=O. The van der Waals surface area contributed by atoms with E-state index in [0.29, 0.717) is 18.7 Å². The van der Waals surface area contributed by atoms with Crippen molar-refractivity contribution in [2.24, 2.45) is 0 Å². The predicted octanol–water partition coefficient (Wildman–Crippen LogP) is 2.53. The number of anilines is 1. The number of para-hydroxylation sites is 1. The Hall–Kier alpha value is -3.52. The fraction of sp³-hybridized carbons (Fsp3) is 0.304. The number of ether oxygens (including phenoxy) is 2. The van der Waals surface area contributed by atoms with Gasteiger partial charge < -0.3 is 14.4 Å². The van der Waals surface area contributed by atoms with Gasteiger partial charge in [-0.2, -0.15) is 0 Å². The molecular formula is C23H24N2O6. The predicted molar refractivity (Wildman–Crippen MR) is 113 cm³/mol. The number of esters is 1. The summed E-state index contributed by atoms with van der Waals surface area (Å²) in [6.45, 7) is 2.14. The van der Waals surface area contributed by atoms with Crippen molar-refractivity contribution >= 4 is 29.4 Å². The maximum absolute atomic E-state index is 12.6. The molecule has 3 rings (SSSR count). The van der Waals surface area contributed by atoms with Gasteiger partial charge in [0.1, 0.15) is 0 Å². The number of methoxy groups -OCH3 is 1. The maximum atomic E-state index is 12.6. The summed E-state index contributed by atoms with van der Waals surface area (Å²) in [7, 11) is 3.14. The second-order valence-corrected chi connectivity index (χ2v) is 7.15. The van der Waals surface area contributed by atoms with Crippen molar-refractivity contribution in [3.63, 3.8) is 0 Å². The molecule has 0 aliphatic carbocycles. The molecule has 0 aromatic heterocycles. The summed E-state index contributed by atoms with van der Waals surface area (Å²) in [6, 6.07) is 13.2. The van der Waals surface area contributed by atoms with E-state index in [2.05, 4.69) is 0 Å². The molecule has 1 heterocycles. The van der Waals surface area contributed by atoms with E-state index < -0.39 is 29.8 Å². The number of carbonyl (C=O) groups excluding carboxylic acids is 4. The normalized spacial score (nSPS) is 13.7. The van der Waals surface area contributed by atoms with Crippen LogP contribution in [0.5, 0.6) is 0 Å². The van der Waals surface area contributed by atoms with Gasteiger partial charge in [-0.1, -0.05) is 18.2 Å². The van der Waals surface area contributed by atoms with Gasteiger partial charge in [-0.25, -0.2) is 4.79 Å². The Kier molecular flexibility index (Phi) is 6.81. The van der Waals surface area contributed by atoms with E-state index in [1.807, 2.05) is 6.07 Å². The summed E-state index contributed by atoms with van der Waals surface area (Å²) in [5, 5.41) is 0. The molecule has 3 amide bonds. The Morgan fingerprint density at radius 2 is 1.71 bits per heavy atom. The van der Waals surface area contributed by atoms with Gasteiger partial charge in [-0.3, -0.25) is 19.3 Å². The molecule has 0 fully saturated rings. The van der Waals surface area contributed by atoms with Gasteiger partial charge in [0.25, 0.3) is 17.7 Å². The molecule has 31 heavy (non-hydrogen) atoms. The summed E-state index contributed by atoms with van der Waals surface area (Å²) in [5.41, 5.74) is 1.16. The third-order valence-corrected chi connectivity index (χ3v) is 5.04. The number of hydrogen-bond acceptors (Lipinski definition) is 6. The van der Waals surface area contributed by atoms with Crippen molar-refractivity contribution in [1.82, 2.24) is 4.90 Å². The zero-order valence-corrected chi connectivity index (χ0v) is 17.7. The van der Waals surface area contributed by atoms with Gasteiger partial charge in [0.2, 0.25) is 0 Å². The molecule has 8 nitrogen and oxygen atoms in total. The molecule has 2 aromatic rings. The molecule has 2 aromatic carbocycles. The third-order valence-electron chi connectivity index (χ3n) is 5.04. The molecular weight excluding hydrogens is 400 g/mol. The molecule has 8 heteroatoms. The van der Waals surface area contributed by atoms with Gasteiger partial charge >= 0.3 is 5.97 Å². The Labute approximate surface area is 180 Å². The average Bonchev–Trinajstić information content (AvgIpc) is 3.03. The number of benzene rings is 2. The molecule has 0 radical (unpaired) electrons. The van der Waals surface area contributed by atoms with Gasteiger partial charge in [-0.05, 0) is 43.7 Å². The van der Waals surface area contributed by atoms with E-state index in [4.69, 9.17) is 9.47 Å². The van der Waals surface area contributed by atoms with Crippen LogP contribution in [-0.4, -0.2) is 62.0 Å². The van der Waals surface area contributed by atoms with Crippen molar-refractivity contribution in [2.45, 2.75) is 19.4 Å². The van der Waals surface area contributed by atoms with Crippen molar-refractivity contribution in [3.8, 4) is 0 Å². The average molecular weight is 424 g/mol.